The molecule has 4 rings (SSSR count). The van der Waals surface area contributed by atoms with E-state index >= 15 is 0 Å². The van der Waals surface area contributed by atoms with Crippen LogP contribution in [-0.4, -0.2) is 52.6 Å². The predicted molar refractivity (Wildman–Crippen MR) is 165 cm³/mol. The van der Waals surface area contributed by atoms with Gasteiger partial charge in [-0.25, -0.2) is 8.78 Å². The molecule has 3 aromatic carbocycles. The minimum absolute atomic E-state index is 0.00893. The quantitative estimate of drug-likeness (QED) is 0.266. The topological polar surface area (TPSA) is 81.7 Å². The Bertz CT molecular complexity index is 1400. The molecule has 0 spiro atoms. The van der Waals surface area contributed by atoms with Crippen molar-refractivity contribution in [2.45, 2.75) is 90.6 Å². The molecule has 230 valence electrons. The van der Waals surface area contributed by atoms with Crippen LogP contribution in [0.2, 0.25) is 0 Å². The van der Waals surface area contributed by atoms with Gasteiger partial charge in [-0.05, 0) is 105 Å². The van der Waals surface area contributed by atoms with Crippen molar-refractivity contribution in [2.75, 3.05) is 6.54 Å². The number of aliphatic hydroxyl groups is 1. The fourth-order valence-electron chi connectivity index (χ4n) is 5.99. The largest absolute Gasteiger partial charge is 0.390 e. The SMILES string of the molecule is CCc1cccc(CNC[C@@H](O)[C@H](Cc2cc(F)cc(F)c2)NC(=O)c2cc(C)cc(C(=O)N3C(C)CCCC3C)c2)c1. The molecule has 3 aromatic rings. The number of amides is 2. The van der Waals surface area contributed by atoms with Crippen LogP contribution >= 0.6 is 0 Å². The highest BCUT2D eigenvalue weighted by Crippen LogP contribution is 2.25. The normalized spacial score (nSPS) is 18.3. The summed E-state index contributed by atoms with van der Waals surface area (Å²) in [4.78, 5) is 29.0. The highest BCUT2D eigenvalue weighted by Gasteiger charge is 2.30. The summed E-state index contributed by atoms with van der Waals surface area (Å²) in [6, 6.07) is 15.7. The van der Waals surface area contributed by atoms with Gasteiger partial charge in [0.15, 0.2) is 0 Å². The predicted octanol–water partition coefficient (Wildman–Crippen LogP) is 5.73. The zero-order valence-electron chi connectivity index (χ0n) is 25.5. The molecule has 1 aliphatic heterocycles. The van der Waals surface area contributed by atoms with E-state index in [4.69, 9.17) is 0 Å². The Morgan fingerprint density at radius 1 is 0.930 bits per heavy atom. The third-order valence-electron chi connectivity index (χ3n) is 8.26. The molecule has 43 heavy (non-hydrogen) atoms. The Balaban J connectivity index is 1.52. The highest BCUT2D eigenvalue weighted by molar-refractivity contribution is 6.00. The van der Waals surface area contributed by atoms with Gasteiger partial charge in [0.25, 0.3) is 11.8 Å². The number of likely N-dealkylation sites (tertiary alicyclic amines) is 1. The summed E-state index contributed by atoms with van der Waals surface area (Å²) in [6.45, 7) is 8.66. The Labute approximate surface area is 253 Å². The van der Waals surface area contributed by atoms with E-state index in [9.17, 15) is 23.5 Å². The fourth-order valence-corrected chi connectivity index (χ4v) is 5.99. The lowest BCUT2D eigenvalue weighted by Crippen LogP contribution is -2.49. The number of benzene rings is 3. The molecule has 0 aliphatic carbocycles. The van der Waals surface area contributed by atoms with Crippen LogP contribution in [0.1, 0.15) is 83.0 Å². The van der Waals surface area contributed by atoms with Crippen molar-refractivity contribution < 1.29 is 23.5 Å². The monoisotopic (exact) mass is 591 g/mol. The van der Waals surface area contributed by atoms with Crippen LogP contribution in [0, 0.1) is 18.6 Å². The lowest BCUT2D eigenvalue weighted by molar-refractivity contribution is 0.0510. The molecule has 1 aliphatic rings. The number of aryl methyl sites for hydroxylation is 2. The minimum Gasteiger partial charge on any atom is -0.390 e. The Morgan fingerprint density at radius 2 is 1.58 bits per heavy atom. The van der Waals surface area contributed by atoms with Crippen LogP contribution in [-0.2, 0) is 19.4 Å². The van der Waals surface area contributed by atoms with E-state index in [1.807, 2.05) is 37.8 Å². The Morgan fingerprint density at radius 3 is 2.26 bits per heavy atom. The molecule has 0 bridgehead atoms. The zero-order chi connectivity index (χ0) is 31.1. The van der Waals surface area contributed by atoms with E-state index in [0.29, 0.717) is 17.7 Å². The average molecular weight is 592 g/mol. The van der Waals surface area contributed by atoms with E-state index in [1.165, 1.54) is 17.7 Å². The maximum Gasteiger partial charge on any atom is 0.254 e. The number of aliphatic hydroxyl groups excluding tert-OH is 1. The van der Waals surface area contributed by atoms with Crippen LogP contribution in [0.15, 0.2) is 60.7 Å². The van der Waals surface area contributed by atoms with Gasteiger partial charge >= 0.3 is 0 Å². The number of carbonyl (C=O) groups is 2. The highest BCUT2D eigenvalue weighted by atomic mass is 19.1. The Hall–Kier alpha value is -3.62. The van der Waals surface area contributed by atoms with Crippen molar-refractivity contribution in [3.63, 3.8) is 0 Å². The third-order valence-corrected chi connectivity index (χ3v) is 8.26. The standard InChI is InChI=1S/C35H43F2N3O3/c1-5-25-10-7-11-26(14-25)20-38-21-33(41)32(17-27-15-30(36)19-31(37)16-27)39-34(42)28-12-22(2)13-29(18-28)35(43)40-23(3)8-6-9-24(40)4/h7,10-16,18-19,23-24,32-33,38,41H,5-6,8-9,17,20-21H2,1-4H3,(H,39,42)/t23?,24?,32-,33+/m0/s1. The van der Waals surface area contributed by atoms with Gasteiger partial charge in [0, 0.05) is 42.4 Å². The van der Waals surface area contributed by atoms with Crippen LogP contribution in [0.5, 0.6) is 0 Å². The van der Waals surface area contributed by atoms with Crippen molar-refractivity contribution in [1.82, 2.24) is 15.5 Å². The van der Waals surface area contributed by atoms with Gasteiger partial charge in [-0.1, -0.05) is 31.2 Å². The van der Waals surface area contributed by atoms with Crippen LogP contribution in [0.3, 0.4) is 0 Å². The molecule has 0 saturated carbocycles. The molecule has 2 amide bonds. The Kier molecular flexibility index (Phi) is 11.0. The van der Waals surface area contributed by atoms with E-state index in [-0.39, 0.29) is 36.5 Å². The minimum atomic E-state index is -1.06. The van der Waals surface area contributed by atoms with E-state index in [0.717, 1.165) is 42.9 Å². The molecular formula is C35H43F2N3O3. The summed E-state index contributed by atoms with van der Waals surface area (Å²) in [6.07, 6.45) is 2.81. The van der Waals surface area contributed by atoms with Gasteiger partial charge in [-0.15, -0.1) is 0 Å². The third kappa shape index (κ3) is 8.71. The first-order valence-corrected chi connectivity index (χ1v) is 15.2. The molecule has 3 N–H and O–H groups in total. The summed E-state index contributed by atoms with van der Waals surface area (Å²) in [5.41, 5.74) is 4.06. The van der Waals surface area contributed by atoms with E-state index in [2.05, 4.69) is 29.7 Å². The number of hydrogen-bond acceptors (Lipinski definition) is 4. The number of hydrogen-bond donors (Lipinski definition) is 3. The molecule has 6 nitrogen and oxygen atoms in total. The molecule has 1 saturated heterocycles. The maximum atomic E-state index is 14.0. The van der Waals surface area contributed by atoms with Crippen molar-refractivity contribution >= 4 is 11.8 Å². The number of carbonyl (C=O) groups excluding carboxylic acids is 2. The summed E-state index contributed by atoms with van der Waals surface area (Å²) in [5, 5.41) is 17.3. The molecular weight excluding hydrogens is 548 g/mol. The van der Waals surface area contributed by atoms with E-state index in [1.54, 1.807) is 18.2 Å². The lowest BCUT2D eigenvalue weighted by atomic mass is 9.95. The van der Waals surface area contributed by atoms with Gasteiger partial charge < -0.3 is 20.6 Å². The maximum absolute atomic E-state index is 14.0. The second-order valence-corrected chi connectivity index (χ2v) is 11.9. The van der Waals surface area contributed by atoms with Crippen molar-refractivity contribution in [1.29, 1.82) is 0 Å². The first-order chi connectivity index (χ1) is 20.5. The second-order valence-electron chi connectivity index (χ2n) is 11.9. The summed E-state index contributed by atoms with van der Waals surface area (Å²) >= 11 is 0. The molecule has 1 fully saturated rings. The average Bonchev–Trinajstić information content (AvgIpc) is 2.95. The molecule has 0 radical (unpaired) electrons. The number of nitrogens with one attached hydrogen (secondary N) is 2. The van der Waals surface area contributed by atoms with E-state index < -0.39 is 29.7 Å². The van der Waals surface area contributed by atoms with Gasteiger partial charge in [-0.3, -0.25) is 9.59 Å². The number of rotatable bonds is 11. The second kappa shape index (κ2) is 14.7. The summed E-state index contributed by atoms with van der Waals surface area (Å²) in [7, 11) is 0. The van der Waals surface area contributed by atoms with Gasteiger partial charge in [-0.2, -0.15) is 0 Å². The zero-order valence-corrected chi connectivity index (χ0v) is 25.5. The molecule has 1 heterocycles. The van der Waals surface area contributed by atoms with Crippen molar-refractivity contribution in [3.8, 4) is 0 Å². The van der Waals surface area contributed by atoms with Crippen LogP contribution < -0.4 is 10.6 Å². The number of nitrogens with zero attached hydrogens (tertiary/aromatic N) is 1. The number of piperidine rings is 1. The van der Waals surface area contributed by atoms with Crippen molar-refractivity contribution in [2.24, 2.45) is 0 Å². The molecule has 8 heteroatoms. The van der Waals surface area contributed by atoms with Crippen LogP contribution in [0.25, 0.3) is 0 Å². The first kappa shape index (κ1) is 32.3. The van der Waals surface area contributed by atoms with Gasteiger partial charge in [0.05, 0.1) is 12.1 Å². The smallest absolute Gasteiger partial charge is 0.254 e. The fraction of sp³-hybridized carbons (Fsp3) is 0.429. The molecule has 2 unspecified atom stereocenters. The van der Waals surface area contributed by atoms with Crippen molar-refractivity contribution in [3.05, 3.63) is 106 Å². The van der Waals surface area contributed by atoms with Crippen LogP contribution in [0.4, 0.5) is 8.78 Å². The molecule has 0 aromatic heterocycles. The molecule has 4 atom stereocenters. The summed E-state index contributed by atoms with van der Waals surface area (Å²) in [5.74, 6) is -2.05. The lowest BCUT2D eigenvalue weighted by Gasteiger charge is -2.39. The first-order valence-electron chi connectivity index (χ1n) is 15.2. The number of halogens is 2. The summed E-state index contributed by atoms with van der Waals surface area (Å²) < 4.78 is 28.0. The van der Waals surface area contributed by atoms with Gasteiger partial charge in [0.2, 0.25) is 0 Å². The van der Waals surface area contributed by atoms with Gasteiger partial charge in [0.1, 0.15) is 11.6 Å².